The van der Waals surface area contributed by atoms with Crippen molar-refractivity contribution in [3.05, 3.63) is 52.4 Å². The maximum absolute atomic E-state index is 10.1. The number of ether oxygens (including phenoxy) is 1. The van der Waals surface area contributed by atoms with Crippen LogP contribution in [0.15, 0.2) is 45.5 Å². The molecule has 2 atom stereocenters. The third kappa shape index (κ3) is 1.98. The van der Waals surface area contributed by atoms with Crippen LogP contribution in [0.1, 0.15) is 30.0 Å². The summed E-state index contributed by atoms with van der Waals surface area (Å²) in [4.78, 5) is 0. The maximum Gasteiger partial charge on any atom is 0.159 e. The second-order valence-electron chi connectivity index (χ2n) is 4.06. The molecular formula is C13H11BrO3. The molecule has 2 aromatic rings. The lowest BCUT2D eigenvalue weighted by Crippen LogP contribution is -2.18. The van der Waals surface area contributed by atoms with Crippen LogP contribution in [0.2, 0.25) is 0 Å². The van der Waals surface area contributed by atoms with Crippen molar-refractivity contribution in [1.29, 1.82) is 0 Å². The van der Waals surface area contributed by atoms with Gasteiger partial charge >= 0.3 is 0 Å². The second kappa shape index (κ2) is 4.20. The first-order valence-electron chi connectivity index (χ1n) is 5.41. The van der Waals surface area contributed by atoms with E-state index in [-0.39, 0.29) is 6.10 Å². The Labute approximate surface area is 107 Å². The van der Waals surface area contributed by atoms with E-state index >= 15 is 0 Å². The topological polar surface area (TPSA) is 42.6 Å². The molecule has 17 heavy (non-hydrogen) atoms. The van der Waals surface area contributed by atoms with Gasteiger partial charge < -0.3 is 14.3 Å². The van der Waals surface area contributed by atoms with Crippen molar-refractivity contribution in [2.24, 2.45) is 0 Å². The Balaban J connectivity index is 1.97. The number of aliphatic hydroxyl groups is 1. The Morgan fingerprint density at radius 1 is 1.29 bits per heavy atom. The molecule has 1 aliphatic rings. The van der Waals surface area contributed by atoms with Gasteiger partial charge in [-0.3, -0.25) is 0 Å². The zero-order chi connectivity index (χ0) is 11.8. The number of furan rings is 1. The summed E-state index contributed by atoms with van der Waals surface area (Å²) in [5.41, 5.74) is 0.830. The van der Waals surface area contributed by atoms with Crippen LogP contribution in [0, 0.1) is 0 Å². The molecule has 1 N–H and O–H groups in total. The fraction of sp³-hybridized carbons (Fsp3) is 0.231. The van der Waals surface area contributed by atoms with Crippen LogP contribution in [-0.2, 0) is 0 Å². The van der Waals surface area contributed by atoms with Gasteiger partial charge in [-0.1, -0.05) is 22.0 Å². The lowest BCUT2D eigenvalue weighted by atomic mass is 9.98. The highest BCUT2D eigenvalue weighted by atomic mass is 79.9. The Morgan fingerprint density at radius 3 is 2.94 bits per heavy atom. The molecule has 0 saturated carbocycles. The van der Waals surface area contributed by atoms with Crippen LogP contribution < -0.4 is 4.74 Å². The molecule has 0 aliphatic carbocycles. The van der Waals surface area contributed by atoms with Crippen molar-refractivity contribution in [1.82, 2.24) is 0 Å². The van der Waals surface area contributed by atoms with E-state index in [1.165, 1.54) is 0 Å². The first-order valence-corrected chi connectivity index (χ1v) is 6.21. The summed E-state index contributed by atoms with van der Waals surface area (Å²) in [5, 5.41) is 10.1. The summed E-state index contributed by atoms with van der Waals surface area (Å²) in [6, 6.07) is 9.33. The highest BCUT2D eigenvalue weighted by molar-refractivity contribution is 9.10. The molecular weight excluding hydrogens is 284 g/mol. The summed E-state index contributed by atoms with van der Waals surface area (Å²) in [6.07, 6.45) is 1.40. The fourth-order valence-corrected chi connectivity index (χ4v) is 2.41. The van der Waals surface area contributed by atoms with Gasteiger partial charge in [-0.25, -0.2) is 0 Å². The SMILES string of the molecule is O[C@@H]1C[C@@H](c2ccco2)Oc2cc(Br)ccc21. The standard InChI is InChI=1S/C13H11BrO3/c14-8-3-4-9-10(15)7-13(17-12(9)6-8)11-2-1-5-16-11/h1-6,10,13,15H,7H2/t10-,13+/m1/s1. The van der Waals surface area contributed by atoms with Gasteiger partial charge in [0.05, 0.1) is 12.4 Å². The van der Waals surface area contributed by atoms with Gasteiger partial charge in [0.1, 0.15) is 11.5 Å². The molecule has 0 fully saturated rings. The quantitative estimate of drug-likeness (QED) is 0.874. The number of benzene rings is 1. The minimum Gasteiger partial charge on any atom is -0.482 e. The van der Waals surface area contributed by atoms with Crippen LogP contribution in [0.5, 0.6) is 5.75 Å². The summed E-state index contributed by atoms with van der Waals surface area (Å²) < 4.78 is 12.1. The number of hydrogen-bond donors (Lipinski definition) is 1. The van der Waals surface area contributed by atoms with E-state index in [1.54, 1.807) is 6.26 Å². The summed E-state index contributed by atoms with van der Waals surface area (Å²) in [5.74, 6) is 1.45. The molecule has 0 unspecified atom stereocenters. The zero-order valence-corrected chi connectivity index (χ0v) is 10.6. The van der Waals surface area contributed by atoms with Crippen LogP contribution in [0.25, 0.3) is 0 Å². The van der Waals surface area contributed by atoms with Gasteiger partial charge in [-0.15, -0.1) is 0 Å². The number of hydrogen-bond acceptors (Lipinski definition) is 3. The first-order chi connectivity index (χ1) is 8.24. The molecule has 0 amide bonds. The lowest BCUT2D eigenvalue weighted by molar-refractivity contribution is 0.0546. The Bertz CT molecular complexity index is 521. The van der Waals surface area contributed by atoms with E-state index in [1.807, 2.05) is 30.3 Å². The zero-order valence-electron chi connectivity index (χ0n) is 8.97. The van der Waals surface area contributed by atoms with E-state index in [2.05, 4.69) is 15.9 Å². The monoisotopic (exact) mass is 294 g/mol. The van der Waals surface area contributed by atoms with Gasteiger partial charge in [0.2, 0.25) is 0 Å². The van der Waals surface area contributed by atoms with E-state index in [0.29, 0.717) is 12.2 Å². The van der Waals surface area contributed by atoms with Crippen molar-refractivity contribution >= 4 is 15.9 Å². The van der Waals surface area contributed by atoms with Crippen LogP contribution in [0.3, 0.4) is 0 Å². The molecule has 4 heteroatoms. The molecule has 2 heterocycles. The van der Waals surface area contributed by atoms with Crippen molar-refractivity contribution in [3.63, 3.8) is 0 Å². The largest absolute Gasteiger partial charge is 0.482 e. The Morgan fingerprint density at radius 2 is 2.18 bits per heavy atom. The van der Waals surface area contributed by atoms with E-state index < -0.39 is 6.10 Å². The highest BCUT2D eigenvalue weighted by Crippen LogP contribution is 2.41. The van der Waals surface area contributed by atoms with Gasteiger partial charge in [0, 0.05) is 16.5 Å². The average molecular weight is 295 g/mol. The predicted octanol–water partition coefficient (Wildman–Crippen LogP) is 3.60. The molecule has 0 spiro atoms. The smallest absolute Gasteiger partial charge is 0.159 e. The third-order valence-corrected chi connectivity index (χ3v) is 3.39. The summed E-state index contributed by atoms with van der Waals surface area (Å²) in [7, 11) is 0. The minimum atomic E-state index is -0.512. The molecule has 1 aromatic heterocycles. The van der Waals surface area contributed by atoms with E-state index in [0.717, 1.165) is 15.8 Å². The van der Waals surface area contributed by atoms with Gasteiger partial charge in [0.15, 0.2) is 6.10 Å². The molecule has 88 valence electrons. The van der Waals surface area contributed by atoms with Crippen molar-refractivity contribution in [2.75, 3.05) is 0 Å². The van der Waals surface area contributed by atoms with Gasteiger partial charge in [-0.05, 0) is 24.3 Å². The fourth-order valence-electron chi connectivity index (χ4n) is 2.07. The molecule has 3 nitrogen and oxygen atoms in total. The molecule has 0 radical (unpaired) electrons. The number of fused-ring (bicyclic) bond motifs is 1. The Kier molecular flexibility index (Phi) is 2.68. The third-order valence-electron chi connectivity index (χ3n) is 2.90. The Hall–Kier alpha value is -1.26. The van der Waals surface area contributed by atoms with Crippen LogP contribution >= 0.6 is 15.9 Å². The normalized spacial score (nSPS) is 22.9. The number of rotatable bonds is 1. The molecule has 3 rings (SSSR count). The molecule has 0 saturated heterocycles. The van der Waals surface area contributed by atoms with Crippen molar-refractivity contribution in [2.45, 2.75) is 18.6 Å². The number of aliphatic hydroxyl groups excluding tert-OH is 1. The van der Waals surface area contributed by atoms with Gasteiger partial charge in [-0.2, -0.15) is 0 Å². The van der Waals surface area contributed by atoms with Gasteiger partial charge in [0.25, 0.3) is 0 Å². The summed E-state index contributed by atoms with van der Waals surface area (Å²) in [6.45, 7) is 0. The first kappa shape index (κ1) is 10.9. The van der Waals surface area contributed by atoms with E-state index in [9.17, 15) is 5.11 Å². The molecule has 0 bridgehead atoms. The predicted molar refractivity (Wildman–Crippen MR) is 65.8 cm³/mol. The van der Waals surface area contributed by atoms with Crippen LogP contribution in [0.4, 0.5) is 0 Å². The highest BCUT2D eigenvalue weighted by Gasteiger charge is 2.29. The summed E-state index contributed by atoms with van der Waals surface area (Å²) >= 11 is 3.39. The molecule has 1 aliphatic heterocycles. The molecule has 1 aromatic carbocycles. The van der Waals surface area contributed by atoms with Crippen molar-refractivity contribution < 1.29 is 14.3 Å². The van der Waals surface area contributed by atoms with E-state index in [4.69, 9.17) is 9.15 Å². The lowest BCUT2D eigenvalue weighted by Gasteiger charge is -2.28. The number of halogens is 1. The maximum atomic E-state index is 10.1. The minimum absolute atomic E-state index is 0.221. The van der Waals surface area contributed by atoms with Crippen LogP contribution in [-0.4, -0.2) is 5.11 Å². The van der Waals surface area contributed by atoms with Crippen molar-refractivity contribution in [3.8, 4) is 5.75 Å². The second-order valence-corrected chi connectivity index (χ2v) is 4.97. The average Bonchev–Trinajstić information content (AvgIpc) is 2.81.